The molecular formula is C18H14FN5OS2. The fourth-order valence-electron chi connectivity index (χ4n) is 2.30. The van der Waals surface area contributed by atoms with E-state index in [1.165, 1.54) is 35.2 Å². The number of hydrogen-bond acceptors (Lipinski definition) is 8. The predicted molar refractivity (Wildman–Crippen MR) is 104 cm³/mol. The summed E-state index contributed by atoms with van der Waals surface area (Å²) in [5.41, 5.74) is 1.53. The first-order chi connectivity index (χ1) is 13.2. The summed E-state index contributed by atoms with van der Waals surface area (Å²) < 4.78 is 19.4. The van der Waals surface area contributed by atoms with Crippen molar-refractivity contribution in [2.45, 2.75) is 16.5 Å². The summed E-state index contributed by atoms with van der Waals surface area (Å²) in [5.74, 6) is 0.774. The van der Waals surface area contributed by atoms with Crippen LogP contribution in [0.25, 0.3) is 11.4 Å². The highest BCUT2D eigenvalue weighted by Crippen LogP contribution is 2.37. The molecule has 2 heterocycles. The van der Waals surface area contributed by atoms with Crippen LogP contribution in [0.1, 0.15) is 18.1 Å². The highest BCUT2D eigenvalue weighted by molar-refractivity contribution is 8.01. The summed E-state index contributed by atoms with van der Waals surface area (Å²) >= 11 is 2.85. The molecule has 136 valence electrons. The topological polar surface area (TPSA) is 76.7 Å². The molecule has 4 rings (SSSR count). The molecule has 0 saturated heterocycles. The normalized spacial score (nSPS) is 12.1. The van der Waals surface area contributed by atoms with E-state index in [1.54, 1.807) is 12.1 Å². The van der Waals surface area contributed by atoms with E-state index in [4.69, 9.17) is 4.52 Å². The van der Waals surface area contributed by atoms with Crippen LogP contribution in [0, 0.1) is 5.82 Å². The van der Waals surface area contributed by atoms with E-state index in [0.717, 1.165) is 9.90 Å². The van der Waals surface area contributed by atoms with Crippen LogP contribution < -0.4 is 5.32 Å². The molecule has 2 aromatic carbocycles. The minimum Gasteiger partial charge on any atom is -0.338 e. The summed E-state index contributed by atoms with van der Waals surface area (Å²) in [6, 6.07) is 15.9. The van der Waals surface area contributed by atoms with E-state index < -0.39 is 0 Å². The number of rotatable bonds is 6. The lowest BCUT2D eigenvalue weighted by Gasteiger charge is -2.02. The molecule has 2 aromatic heterocycles. The fraction of sp³-hybridized carbons (Fsp3) is 0.111. The van der Waals surface area contributed by atoms with Crippen molar-refractivity contribution in [3.63, 3.8) is 0 Å². The number of anilines is 2. The van der Waals surface area contributed by atoms with Crippen molar-refractivity contribution in [1.29, 1.82) is 0 Å². The highest BCUT2D eigenvalue weighted by Gasteiger charge is 2.18. The minimum absolute atomic E-state index is 0.0788. The van der Waals surface area contributed by atoms with Crippen molar-refractivity contribution in [3.8, 4) is 11.4 Å². The minimum atomic E-state index is -0.307. The summed E-state index contributed by atoms with van der Waals surface area (Å²) in [7, 11) is 0. The molecule has 27 heavy (non-hydrogen) atoms. The third-order valence-corrected chi connectivity index (χ3v) is 5.59. The summed E-state index contributed by atoms with van der Waals surface area (Å²) in [6.07, 6.45) is 0. The molecule has 0 radical (unpaired) electrons. The Labute approximate surface area is 162 Å². The lowest BCUT2D eigenvalue weighted by atomic mass is 10.2. The number of nitrogens with one attached hydrogen (secondary N) is 1. The van der Waals surface area contributed by atoms with Gasteiger partial charge in [-0.3, -0.25) is 0 Å². The molecule has 1 N–H and O–H groups in total. The molecule has 0 fully saturated rings. The molecule has 0 aliphatic heterocycles. The third kappa shape index (κ3) is 4.32. The number of benzene rings is 2. The van der Waals surface area contributed by atoms with Gasteiger partial charge in [0.1, 0.15) is 5.82 Å². The lowest BCUT2D eigenvalue weighted by Crippen LogP contribution is -1.89. The van der Waals surface area contributed by atoms with E-state index in [2.05, 4.69) is 25.7 Å². The first-order valence-corrected chi connectivity index (χ1v) is 9.79. The fourth-order valence-corrected chi connectivity index (χ4v) is 4.25. The average Bonchev–Trinajstić information content (AvgIpc) is 3.32. The molecule has 0 aliphatic carbocycles. The summed E-state index contributed by atoms with van der Waals surface area (Å²) in [5, 5.41) is 15.8. The SMILES string of the molecule is CC(Sc1nnc(Nc2cccc(F)c2)s1)c1nc(-c2ccccc2)no1. The van der Waals surface area contributed by atoms with Gasteiger partial charge in [-0.1, -0.05) is 64.7 Å². The Hall–Kier alpha value is -2.78. The Morgan fingerprint density at radius 1 is 1.11 bits per heavy atom. The number of halogens is 1. The molecule has 1 atom stereocenters. The predicted octanol–water partition coefficient (Wildman–Crippen LogP) is 5.32. The Bertz CT molecular complexity index is 1040. The smallest absolute Gasteiger partial charge is 0.240 e. The number of thioether (sulfide) groups is 1. The molecule has 0 amide bonds. The largest absolute Gasteiger partial charge is 0.338 e. The van der Waals surface area contributed by atoms with Gasteiger partial charge < -0.3 is 9.84 Å². The molecule has 0 aliphatic rings. The Morgan fingerprint density at radius 2 is 1.96 bits per heavy atom. The van der Waals surface area contributed by atoms with E-state index >= 15 is 0 Å². The van der Waals surface area contributed by atoms with Gasteiger partial charge in [0, 0.05) is 11.3 Å². The molecule has 0 bridgehead atoms. The maximum Gasteiger partial charge on any atom is 0.240 e. The second kappa shape index (κ2) is 7.85. The van der Waals surface area contributed by atoms with Gasteiger partial charge in [-0.2, -0.15) is 4.98 Å². The molecule has 4 aromatic rings. The van der Waals surface area contributed by atoms with E-state index in [1.807, 2.05) is 37.3 Å². The van der Waals surface area contributed by atoms with Crippen LogP contribution in [0.15, 0.2) is 63.5 Å². The van der Waals surface area contributed by atoms with Gasteiger partial charge in [-0.25, -0.2) is 4.39 Å². The monoisotopic (exact) mass is 399 g/mol. The third-order valence-electron chi connectivity index (χ3n) is 3.58. The lowest BCUT2D eigenvalue weighted by molar-refractivity contribution is 0.381. The van der Waals surface area contributed by atoms with Crippen molar-refractivity contribution in [1.82, 2.24) is 20.3 Å². The van der Waals surface area contributed by atoms with Gasteiger partial charge in [0.05, 0.1) is 5.25 Å². The number of hydrogen-bond donors (Lipinski definition) is 1. The van der Waals surface area contributed by atoms with Crippen molar-refractivity contribution in [2.75, 3.05) is 5.32 Å². The van der Waals surface area contributed by atoms with E-state index in [9.17, 15) is 4.39 Å². The number of aromatic nitrogens is 4. The summed E-state index contributed by atoms with van der Waals surface area (Å²) in [4.78, 5) is 4.46. The van der Waals surface area contributed by atoms with Crippen molar-refractivity contribution >= 4 is 33.9 Å². The summed E-state index contributed by atoms with van der Waals surface area (Å²) in [6.45, 7) is 1.97. The van der Waals surface area contributed by atoms with Crippen LogP contribution in [0.3, 0.4) is 0 Å². The van der Waals surface area contributed by atoms with Crippen molar-refractivity contribution < 1.29 is 8.91 Å². The first-order valence-electron chi connectivity index (χ1n) is 8.09. The first kappa shape index (κ1) is 17.6. The van der Waals surface area contributed by atoms with Gasteiger partial charge in [0.15, 0.2) is 4.34 Å². The highest BCUT2D eigenvalue weighted by atomic mass is 32.2. The maximum atomic E-state index is 13.3. The van der Waals surface area contributed by atoms with Gasteiger partial charge in [0.25, 0.3) is 0 Å². The zero-order chi connectivity index (χ0) is 18.6. The zero-order valence-corrected chi connectivity index (χ0v) is 15.8. The van der Waals surface area contributed by atoms with E-state index in [0.29, 0.717) is 22.5 Å². The van der Waals surface area contributed by atoms with Gasteiger partial charge in [-0.15, -0.1) is 10.2 Å². The molecule has 9 heteroatoms. The molecule has 6 nitrogen and oxygen atoms in total. The standard InChI is InChI=1S/C18H14FN5OS2/c1-11(16-21-15(24-25-16)12-6-3-2-4-7-12)26-18-23-22-17(27-18)20-14-9-5-8-13(19)10-14/h2-11H,1H3,(H,20,22). The second-order valence-corrected chi connectivity index (χ2v) is 8.16. The molecule has 1 unspecified atom stereocenters. The van der Waals surface area contributed by atoms with Crippen LogP contribution in [-0.2, 0) is 0 Å². The van der Waals surface area contributed by atoms with Gasteiger partial charge in [-0.05, 0) is 25.1 Å². The van der Waals surface area contributed by atoms with E-state index in [-0.39, 0.29) is 11.1 Å². The average molecular weight is 399 g/mol. The maximum absolute atomic E-state index is 13.3. The number of nitrogens with zero attached hydrogens (tertiary/aromatic N) is 4. The molecular weight excluding hydrogens is 385 g/mol. The van der Waals surface area contributed by atoms with Crippen molar-refractivity contribution in [3.05, 3.63) is 66.3 Å². The van der Waals surface area contributed by atoms with Crippen LogP contribution >= 0.6 is 23.1 Å². The van der Waals surface area contributed by atoms with Crippen LogP contribution in [0.5, 0.6) is 0 Å². The van der Waals surface area contributed by atoms with Crippen LogP contribution in [0.2, 0.25) is 0 Å². The van der Waals surface area contributed by atoms with Crippen LogP contribution in [-0.4, -0.2) is 20.3 Å². The molecule has 0 saturated carbocycles. The van der Waals surface area contributed by atoms with Gasteiger partial charge >= 0.3 is 0 Å². The van der Waals surface area contributed by atoms with Crippen molar-refractivity contribution in [2.24, 2.45) is 0 Å². The second-order valence-electron chi connectivity index (χ2n) is 5.59. The van der Waals surface area contributed by atoms with Gasteiger partial charge in [0.2, 0.25) is 16.8 Å². The Kier molecular flexibility index (Phi) is 5.12. The molecule has 0 spiro atoms. The zero-order valence-electron chi connectivity index (χ0n) is 14.2. The Balaban J connectivity index is 1.42. The quantitative estimate of drug-likeness (QED) is 0.439. The van der Waals surface area contributed by atoms with Crippen LogP contribution in [0.4, 0.5) is 15.2 Å². The Morgan fingerprint density at radius 3 is 2.78 bits per heavy atom.